The first kappa shape index (κ1) is 16.2. The van der Waals surface area contributed by atoms with Crippen LogP contribution in [0.4, 0.5) is 0 Å². The first-order valence-corrected chi connectivity index (χ1v) is 8.07. The molecule has 0 aliphatic heterocycles. The Bertz CT molecular complexity index is 898. The first-order valence-electron chi connectivity index (χ1n) is 7.69. The summed E-state index contributed by atoms with van der Waals surface area (Å²) in [6.07, 6.45) is 0. The van der Waals surface area contributed by atoms with E-state index in [2.05, 4.69) is 11.1 Å². The maximum absolute atomic E-state index is 8.15. The van der Waals surface area contributed by atoms with Gasteiger partial charge in [-0.1, -0.05) is 72.3 Å². The van der Waals surface area contributed by atoms with E-state index in [4.69, 9.17) is 17.0 Å². The lowest BCUT2D eigenvalue weighted by molar-refractivity contribution is 1.40. The molecule has 0 aliphatic rings. The summed E-state index contributed by atoms with van der Waals surface area (Å²) in [5.74, 6) is 0.265. The van der Waals surface area contributed by atoms with E-state index in [-0.39, 0.29) is 5.84 Å². The average molecular weight is 333 g/mol. The second-order valence-electron chi connectivity index (χ2n) is 5.50. The second-order valence-corrected chi connectivity index (χ2v) is 5.94. The molecule has 3 rings (SSSR count). The lowest BCUT2D eigenvalue weighted by Gasteiger charge is -2.07. The molecule has 0 aliphatic carbocycles. The van der Waals surface area contributed by atoms with Gasteiger partial charge in [-0.15, -0.1) is 0 Å². The molecule has 0 aromatic heterocycles. The van der Waals surface area contributed by atoms with Crippen LogP contribution in [0, 0.1) is 5.41 Å². The summed E-state index contributed by atoms with van der Waals surface area (Å²) < 4.78 is 0. The number of halogens is 1. The van der Waals surface area contributed by atoms with Crippen molar-refractivity contribution in [1.29, 1.82) is 5.41 Å². The molecule has 2 nitrogen and oxygen atoms in total. The third-order valence-corrected chi connectivity index (χ3v) is 4.00. The van der Waals surface area contributed by atoms with Crippen molar-refractivity contribution in [3.05, 3.63) is 95.0 Å². The molecule has 0 spiro atoms. The van der Waals surface area contributed by atoms with E-state index in [0.717, 1.165) is 28.0 Å². The smallest absolute Gasteiger partial charge is 0.152 e. The van der Waals surface area contributed by atoms with E-state index in [9.17, 15) is 0 Å². The molecule has 0 bridgehead atoms. The SMILES string of the molecule is CC(=NC(=N)c1ccccc1)c1cccc(-c2cccc(Cl)c2)c1. The number of hydrogen-bond donors (Lipinski definition) is 1. The van der Waals surface area contributed by atoms with Crippen LogP contribution in [0.3, 0.4) is 0 Å². The van der Waals surface area contributed by atoms with E-state index in [1.165, 1.54) is 0 Å². The Balaban J connectivity index is 1.91. The third kappa shape index (κ3) is 3.79. The van der Waals surface area contributed by atoms with Crippen molar-refractivity contribution in [1.82, 2.24) is 0 Å². The minimum atomic E-state index is 0.265. The monoisotopic (exact) mass is 332 g/mol. The van der Waals surface area contributed by atoms with Crippen LogP contribution in [-0.4, -0.2) is 11.5 Å². The Morgan fingerprint density at radius 3 is 2.12 bits per heavy atom. The molecular formula is C21H17ClN2. The number of nitrogens with zero attached hydrogens (tertiary/aromatic N) is 1. The summed E-state index contributed by atoms with van der Waals surface area (Å²) >= 11 is 6.08. The highest BCUT2D eigenvalue weighted by Gasteiger charge is 2.05. The van der Waals surface area contributed by atoms with E-state index >= 15 is 0 Å². The average Bonchev–Trinajstić information content (AvgIpc) is 2.62. The summed E-state index contributed by atoms with van der Waals surface area (Å²) in [5.41, 5.74) is 4.76. The first-order chi connectivity index (χ1) is 11.6. The topological polar surface area (TPSA) is 36.2 Å². The molecular weight excluding hydrogens is 316 g/mol. The van der Waals surface area contributed by atoms with Crippen LogP contribution < -0.4 is 0 Å². The molecule has 3 aromatic carbocycles. The van der Waals surface area contributed by atoms with Gasteiger partial charge in [-0.25, -0.2) is 4.99 Å². The number of rotatable bonds is 3. The quantitative estimate of drug-likeness (QED) is 0.462. The van der Waals surface area contributed by atoms with Crippen LogP contribution in [-0.2, 0) is 0 Å². The van der Waals surface area contributed by atoms with E-state index in [1.54, 1.807) is 0 Å². The van der Waals surface area contributed by atoms with Gasteiger partial charge in [0, 0.05) is 16.3 Å². The van der Waals surface area contributed by atoms with Gasteiger partial charge < -0.3 is 0 Å². The molecule has 0 amide bonds. The van der Waals surface area contributed by atoms with E-state index < -0.39 is 0 Å². The fourth-order valence-electron chi connectivity index (χ4n) is 2.48. The molecule has 0 saturated heterocycles. The fourth-order valence-corrected chi connectivity index (χ4v) is 2.67. The predicted octanol–water partition coefficient (Wildman–Crippen LogP) is 5.84. The zero-order chi connectivity index (χ0) is 16.9. The number of amidine groups is 1. The van der Waals surface area contributed by atoms with Crippen LogP contribution in [0.1, 0.15) is 18.1 Å². The van der Waals surface area contributed by atoms with Gasteiger partial charge in [0.05, 0.1) is 0 Å². The summed E-state index contributed by atoms with van der Waals surface area (Å²) in [6, 6.07) is 25.4. The lowest BCUT2D eigenvalue weighted by Crippen LogP contribution is -2.02. The van der Waals surface area contributed by atoms with Crippen LogP contribution >= 0.6 is 11.6 Å². The summed E-state index contributed by atoms with van der Waals surface area (Å²) in [7, 11) is 0. The number of aliphatic imine (C=N–C) groups is 1. The normalized spacial score (nSPS) is 11.3. The Hall–Kier alpha value is -2.71. The minimum Gasteiger partial charge on any atom is -0.282 e. The van der Waals surface area contributed by atoms with Gasteiger partial charge in [0.25, 0.3) is 0 Å². The molecule has 3 heteroatoms. The molecule has 0 unspecified atom stereocenters. The standard InChI is InChI=1S/C21H17ClN2/c1-15(24-21(23)16-7-3-2-4-8-16)17-9-5-10-18(13-17)19-11-6-12-20(22)14-19/h2-14,23H,1H3. The van der Waals surface area contributed by atoms with Gasteiger partial charge in [0.15, 0.2) is 5.84 Å². The van der Waals surface area contributed by atoms with E-state index in [1.807, 2.05) is 79.7 Å². The summed E-state index contributed by atoms with van der Waals surface area (Å²) in [5, 5.41) is 8.87. The lowest BCUT2D eigenvalue weighted by atomic mass is 10.0. The van der Waals surface area contributed by atoms with Crippen molar-refractivity contribution >= 4 is 23.1 Å². The Labute approximate surface area is 147 Å². The highest BCUT2D eigenvalue weighted by Crippen LogP contribution is 2.23. The van der Waals surface area contributed by atoms with E-state index in [0.29, 0.717) is 5.02 Å². The van der Waals surface area contributed by atoms with Crippen molar-refractivity contribution in [2.45, 2.75) is 6.92 Å². The number of nitrogens with one attached hydrogen (secondary N) is 1. The van der Waals surface area contributed by atoms with Gasteiger partial charge in [-0.2, -0.15) is 0 Å². The Kier molecular flexibility index (Phi) is 4.88. The molecule has 118 valence electrons. The fraction of sp³-hybridized carbons (Fsp3) is 0.0476. The van der Waals surface area contributed by atoms with Gasteiger partial charge in [-0.3, -0.25) is 5.41 Å². The molecule has 0 atom stereocenters. The van der Waals surface area contributed by atoms with Crippen molar-refractivity contribution < 1.29 is 0 Å². The van der Waals surface area contributed by atoms with Crippen molar-refractivity contribution in [2.24, 2.45) is 4.99 Å². The van der Waals surface area contributed by atoms with Crippen LogP contribution in [0.2, 0.25) is 5.02 Å². The van der Waals surface area contributed by atoms with Gasteiger partial charge >= 0.3 is 0 Å². The second kappa shape index (κ2) is 7.24. The van der Waals surface area contributed by atoms with Gasteiger partial charge in [-0.05, 0) is 41.8 Å². The maximum atomic E-state index is 8.15. The zero-order valence-electron chi connectivity index (χ0n) is 13.3. The van der Waals surface area contributed by atoms with Crippen LogP contribution in [0.25, 0.3) is 11.1 Å². The maximum Gasteiger partial charge on any atom is 0.152 e. The molecule has 0 fully saturated rings. The van der Waals surface area contributed by atoms with Crippen LogP contribution in [0.15, 0.2) is 83.9 Å². The number of hydrogen-bond acceptors (Lipinski definition) is 1. The zero-order valence-corrected chi connectivity index (χ0v) is 14.1. The Morgan fingerprint density at radius 1 is 0.792 bits per heavy atom. The van der Waals surface area contributed by atoms with Crippen LogP contribution in [0.5, 0.6) is 0 Å². The van der Waals surface area contributed by atoms with Gasteiger partial charge in [0.1, 0.15) is 0 Å². The largest absolute Gasteiger partial charge is 0.282 e. The van der Waals surface area contributed by atoms with Crippen molar-refractivity contribution in [3.8, 4) is 11.1 Å². The van der Waals surface area contributed by atoms with Crippen molar-refractivity contribution in [3.63, 3.8) is 0 Å². The summed E-state index contributed by atoms with van der Waals surface area (Å²) in [4.78, 5) is 4.44. The molecule has 3 aromatic rings. The summed E-state index contributed by atoms with van der Waals surface area (Å²) in [6.45, 7) is 1.93. The molecule has 0 radical (unpaired) electrons. The molecule has 1 N–H and O–H groups in total. The highest BCUT2D eigenvalue weighted by atomic mass is 35.5. The Morgan fingerprint density at radius 2 is 1.42 bits per heavy atom. The van der Waals surface area contributed by atoms with Crippen molar-refractivity contribution in [2.75, 3.05) is 0 Å². The third-order valence-electron chi connectivity index (χ3n) is 3.77. The highest BCUT2D eigenvalue weighted by molar-refractivity contribution is 6.30. The molecule has 24 heavy (non-hydrogen) atoms. The molecule has 0 saturated carbocycles. The predicted molar refractivity (Wildman–Crippen MR) is 102 cm³/mol. The van der Waals surface area contributed by atoms with Gasteiger partial charge in [0.2, 0.25) is 0 Å². The molecule has 0 heterocycles. The minimum absolute atomic E-state index is 0.265. The number of benzene rings is 3.